The third kappa shape index (κ3) is 8.02. The molecule has 0 heterocycles. The maximum Gasteiger partial charge on any atom is 0.0645 e. The molecule has 104 valence electrons. The molecule has 0 aliphatic rings. The van der Waals surface area contributed by atoms with Crippen molar-refractivity contribution in [3.63, 3.8) is 0 Å². The lowest BCUT2D eigenvalue weighted by molar-refractivity contribution is -0.0418. The number of hydrogen-bond acceptors (Lipinski definition) is 3. The fraction of sp³-hybridized carbons (Fsp3) is 0.571. The summed E-state index contributed by atoms with van der Waals surface area (Å²) in [6.07, 6.45) is 5.23. The standard InChI is InChI=1S/C14H23IO3/c1-4-7-16-11-14(10-15,12-17-8-5-2)13-18-9-6-3/h4-6H,1-3,7-13H2. The van der Waals surface area contributed by atoms with Crippen molar-refractivity contribution in [1.82, 2.24) is 0 Å². The van der Waals surface area contributed by atoms with Crippen molar-refractivity contribution >= 4 is 22.6 Å². The Balaban J connectivity index is 4.32. The highest BCUT2D eigenvalue weighted by Crippen LogP contribution is 2.23. The molecule has 0 aliphatic carbocycles. The van der Waals surface area contributed by atoms with E-state index in [1.54, 1.807) is 18.2 Å². The Labute approximate surface area is 124 Å². The number of ether oxygens (including phenoxy) is 3. The second kappa shape index (κ2) is 11.9. The third-order valence-electron chi connectivity index (χ3n) is 2.22. The van der Waals surface area contributed by atoms with Crippen molar-refractivity contribution in [2.45, 2.75) is 0 Å². The lowest BCUT2D eigenvalue weighted by Gasteiger charge is -2.31. The average Bonchev–Trinajstić information content (AvgIpc) is 2.39. The second-order valence-corrected chi connectivity index (χ2v) is 4.81. The SMILES string of the molecule is C=CCOCC(CI)(COCC=C)COCC=C. The van der Waals surface area contributed by atoms with E-state index in [1.807, 2.05) is 0 Å². The molecule has 0 rings (SSSR count). The molecular formula is C14H23IO3. The highest BCUT2D eigenvalue weighted by Gasteiger charge is 2.30. The molecular weight excluding hydrogens is 343 g/mol. The quantitative estimate of drug-likeness (QED) is 0.217. The summed E-state index contributed by atoms with van der Waals surface area (Å²) in [5.41, 5.74) is -0.129. The first-order valence-corrected chi connectivity index (χ1v) is 7.39. The topological polar surface area (TPSA) is 27.7 Å². The molecule has 3 nitrogen and oxygen atoms in total. The summed E-state index contributed by atoms with van der Waals surface area (Å²) >= 11 is 2.34. The molecule has 0 radical (unpaired) electrons. The van der Waals surface area contributed by atoms with Gasteiger partial charge in [0.2, 0.25) is 0 Å². The predicted octanol–water partition coefficient (Wildman–Crippen LogP) is 3.02. The summed E-state index contributed by atoms with van der Waals surface area (Å²) in [6.45, 7) is 14.3. The van der Waals surface area contributed by atoms with Crippen LogP contribution in [-0.4, -0.2) is 44.1 Å². The van der Waals surface area contributed by atoms with E-state index in [9.17, 15) is 0 Å². The molecule has 0 aliphatic heterocycles. The van der Waals surface area contributed by atoms with E-state index >= 15 is 0 Å². The van der Waals surface area contributed by atoms with Crippen molar-refractivity contribution in [2.24, 2.45) is 5.41 Å². The molecule has 0 atom stereocenters. The van der Waals surface area contributed by atoms with Gasteiger partial charge >= 0.3 is 0 Å². The van der Waals surface area contributed by atoms with Crippen LogP contribution in [0.3, 0.4) is 0 Å². The Kier molecular flexibility index (Phi) is 11.8. The first-order chi connectivity index (χ1) is 8.74. The Bertz CT molecular complexity index is 205. The van der Waals surface area contributed by atoms with Crippen LogP contribution in [0.15, 0.2) is 38.0 Å². The predicted molar refractivity (Wildman–Crippen MR) is 84.4 cm³/mol. The second-order valence-electron chi connectivity index (χ2n) is 4.05. The lowest BCUT2D eigenvalue weighted by Crippen LogP contribution is -2.39. The van der Waals surface area contributed by atoms with Gasteiger partial charge in [-0.1, -0.05) is 40.8 Å². The van der Waals surface area contributed by atoms with Gasteiger partial charge in [0.05, 0.1) is 39.6 Å². The molecule has 0 saturated heterocycles. The summed E-state index contributed by atoms with van der Waals surface area (Å²) in [5, 5.41) is 0. The van der Waals surface area contributed by atoms with Crippen LogP contribution in [-0.2, 0) is 14.2 Å². The third-order valence-corrected chi connectivity index (χ3v) is 3.83. The van der Waals surface area contributed by atoms with Crippen molar-refractivity contribution in [2.75, 3.05) is 44.1 Å². The summed E-state index contributed by atoms with van der Waals surface area (Å²) < 4.78 is 17.6. The van der Waals surface area contributed by atoms with Crippen molar-refractivity contribution in [3.8, 4) is 0 Å². The normalized spacial score (nSPS) is 11.2. The Morgan fingerprint density at radius 3 is 1.33 bits per heavy atom. The van der Waals surface area contributed by atoms with Gasteiger partial charge in [0, 0.05) is 9.84 Å². The zero-order valence-corrected chi connectivity index (χ0v) is 13.1. The first-order valence-electron chi connectivity index (χ1n) is 5.86. The maximum atomic E-state index is 5.57. The molecule has 0 bridgehead atoms. The van der Waals surface area contributed by atoms with Gasteiger partial charge in [-0.05, 0) is 0 Å². The van der Waals surface area contributed by atoms with Gasteiger partial charge < -0.3 is 14.2 Å². The van der Waals surface area contributed by atoms with Crippen molar-refractivity contribution in [1.29, 1.82) is 0 Å². The summed E-state index contributed by atoms with van der Waals surface area (Å²) in [5.74, 6) is 0. The molecule has 0 aromatic heterocycles. The number of alkyl halides is 1. The molecule has 0 unspecified atom stereocenters. The molecule has 0 amide bonds. The van der Waals surface area contributed by atoms with Gasteiger partial charge in [-0.3, -0.25) is 0 Å². The van der Waals surface area contributed by atoms with Crippen LogP contribution in [0.25, 0.3) is 0 Å². The van der Waals surface area contributed by atoms with E-state index in [0.717, 1.165) is 4.43 Å². The number of hydrogen-bond donors (Lipinski definition) is 0. The molecule has 0 aromatic rings. The highest BCUT2D eigenvalue weighted by molar-refractivity contribution is 14.1. The monoisotopic (exact) mass is 366 g/mol. The van der Waals surface area contributed by atoms with Crippen LogP contribution in [0.1, 0.15) is 0 Å². The van der Waals surface area contributed by atoms with E-state index in [0.29, 0.717) is 39.6 Å². The summed E-state index contributed by atoms with van der Waals surface area (Å²) in [4.78, 5) is 0. The minimum absolute atomic E-state index is 0.129. The smallest absolute Gasteiger partial charge is 0.0645 e. The Hall–Kier alpha value is -0.170. The first kappa shape index (κ1) is 17.8. The minimum atomic E-state index is -0.129. The molecule has 0 fully saturated rings. The molecule has 4 heteroatoms. The Morgan fingerprint density at radius 2 is 1.11 bits per heavy atom. The van der Waals surface area contributed by atoms with Gasteiger partial charge in [-0.25, -0.2) is 0 Å². The lowest BCUT2D eigenvalue weighted by atomic mass is 9.94. The van der Waals surface area contributed by atoms with Crippen LogP contribution >= 0.6 is 22.6 Å². The number of halogens is 1. The Morgan fingerprint density at radius 1 is 0.778 bits per heavy atom. The summed E-state index contributed by atoms with van der Waals surface area (Å²) in [7, 11) is 0. The van der Waals surface area contributed by atoms with Gasteiger partial charge in [0.1, 0.15) is 0 Å². The molecule has 0 aromatic carbocycles. The number of rotatable bonds is 13. The fourth-order valence-electron chi connectivity index (χ4n) is 1.32. The largest absolute Gasteiger partial charge is 0.377 e. The minimum Gasteiger partial charge on any atom is -0.377 e. The molecule has 0 spiro atoms. The van der Waals surface area contributed by atoms with Crippen LogP contribution in [0.5, 0.6) is 0 Å². The van der Waals surface area contributed by atoms with E-state index in [2.05, 4.69) is 42.3 Å². The van der Waals surface area contributed by atoms with Gasteiger partial charge in [-0.15, -0.1) is 19.7 Å². The maximum absolute atomic E-state index is 5.57. The van der Waals surface area contributed by atoms with Gasteiger partial charge in [-0.2, -0.15) is 0 Å². The van der Waals surface area contributed by atoms with Gasteiger partial charge in [0.15, 0.2) is 0 Å². The zero-order chi connectivity index (χ0) is 13.7. The average molecular weight is 366 g/mol. The van der Waals surface area contributed by atoms with Crippen LogP contribution < -0.4 is 0 Å². The highest BCUT2D eigenvalue weighted by atomic mass is 127. The molecule has 0 N–H and O–H groups in total. The van der Waals surface area contributed by atoms with Crippen LogP contribution in [0, 0.1) is 5.41 Å². The van der Waals surface area contributed by atoms with Crippen molar-refractivity contribution in [3.05, 3.63) is 38.0 Å². The van der Waals surface area contributed by atoms with Crippen LogP contribution in [0.4, 0.5) is 0 Å². The van der Waals surface area contributed by atoms with Gasteiger partial charge in [0.25, 0.3) is 0 Å². The molecule has 18 heavy (non-hydrogen) atoms. The fourth-order valence-corrected chi connectivity index (χ4v) is 1.98. The van der Waals surface area contributed by atoms with E-state index < -0.39 is 0 Å². The van der Waals surface area contributed by atoms with E-state index in [4.69, 9.17) is 14.2 Å². The van der Waals surface area contributed by atoms with E-state index in [-0.39, 0.29) is 5.41 Å². The molecule has 0 saturated carbocycles. The van der Waals surface area contributed by atoms with Crippen LogP contribution in [0.2, 0.25) is 0 Å². The van der Waals surface area contributed by atoms with E-state index in [1.165, 1.54) is 0 Å². The summed E-state index contributed by atoms with van der Waals surface area (Å²) in [6, 6.07) is 0. The zero-order valence-electron chi connectivity index (χ0n) is 10.9. The van der Waals surface area contributed by atoms with Crippen molar-refractivity contribution < 1.29 is 14.2 Å².